The maximum absolute atomic E-state index is 13.2. The normalized spacial score (nSPS) is 13.7. The van der Waals surface area contributed by atoms with Crippen molar-refractivity contribution in [1.82, 2.24) is 0 Å². The highest BCUT2D eigenvalue weighted by Crippen LogP contribution is 2.45. The van der Waals surface area contributed by atoms with Gasteiger partial charge in [0.05, 0.1) is 26.4 Å². The summed E-state index contributed by atoms with van der Waals surface area (Å²) in [5.74, 6) is -1.30. The van der Waals surface area contributed by atoms with Crippen molar-refractivity contribution in [1.29, 1.82) is 0 Å². The Hall–Kier alpha value is -1.94. The van der Waals surface area contributed by atoms with E-state index in [1.165, 1.54) is 302 Å². The lowest BCUT2D eigenvalue weighted by Crippen LogP contribution is -2.30. The van der Waals surface area contributed by atoms with E-state index in [9.17, 15) is 43.2 Å². The third-order valence-corrected chi connectivity index (χ3v) is 22.7. The molecule has 0 heterocycles. The summed E-state index contributed by atoms with van der Waals surface area (Å²) in [6.45, 7) is 7.39. The highest BCUT2D eigenvalue weighted by Gasteiger charge is 2.30. The van der Waals surface area contributed by atoms with Gasteiger partial charge in [-0.05, 0) is 31.6 Å². The van der Waals surface area contributed by atoms with Crippen LogP contribution in [0.3, 0.4) is 0 Å². The average molecular weight is 1560 g/mol. The zero-order valence-corrected chi connectivity index (χ0v) is 72.1. The van der Waals surface area contributed by atoms with E-state index in [1.54, 1.807) is 0 Å². The van der Waals surface area contributed by atoms with E-state index in [0.29, 0.717) is 25.7 Å². The van der Waals surface area contributed by atoms with Crippen LogP contribution in [0.5, 0.6) is 0 Å². The van der Waals surface area contributed by atoms with Crippen LogP contribution in [0.15, 0.2) is 0 Å². The molecule has 0 aliphatic carbocycles. The summed E-state index contributed by atoms with van der Waals surface area (Å²) < 4.78 is 68.9. The molecule has 0 aromatic carbocycles. The monoisotopic (exact) mass is 1560 g/mol. The summed E-state index contributed by atoms with van der Waals surface area (Å²) >= 11 is 0. The number of aliphatic hydroxyl groups excluding tert-OH is 1. The van der Waals surface area contributed by atoms with Gasteiger partial charge in [0.2, 0.25) is 0 Å². The molecule has 0 saturated carbocycles. The molecule has 636 valence electrons. The molecule has 0 bridgehead atoms. The molecule has 107 heavy (non-hydrogen) atoms. The van der Waals surface area contributed by atoms with Crippen LogP contribution in [-0.2, 0) is 65.4 Å². The third-order valence-electron chi connectivity index (χ3n) is 20.8. The van der Waals surface area contributed by atoms with Crippen molar-refractivity contribution in [3.8, 4) is 0 Å². The fraction of sp³-hybridized carbons (Fsp3) is 0.955. The van der Waals surface area contributed by atoms with Crippen LogP contribution in [0.2, 0.25) is 0 Å². The predicted molar refractivity (Wildman–Crippen MR) is 442 cm³/mol. The summed E-state index contributed by atoms with van der Waals surface area (Å²) in [7, 11) is -9.93. The molecule has 2 unspecified atom stereocenters. The van der Waals surface area contributed by atoms with Crippen molar-refractivity contribution < 1.29 is 80.2 Å². The predicted octanol–water partition coefficient (Wildman–Crippen LogP) is 27.2. The molecule has 3 N–H and O–H groups in total. The van der Waals surface area contributed by atoms with Gasteiger partial charge in [0.25, 0.3) is 0 Å². The summed E-state index contributed by atoms with van der Waals surface area (Å²) in [5, 5.41) is 10.7. The zero-order chi connectivity index (χ0) is 78.3. The van der Waals surface area contributed by atoms with Crippen molar-refractivity contribution >= 4 is 39.5 Å². The van der Waals surface area contributed by atoms with E-state index in [1.807, 2.05) is 0 Å². The molecule has 0 aliphatic rings. The fourth-order valence-corrected chi connectivity index (χ4v) is 15.4. The lowest BCUT2D eigenvalue weighted by atomic mass is 10.0. The van der Waals surface area contributed by atoms with E-state index in [4.69, 9.17) is 37.0 Å². The van der Waals surface area contributed by atoms with E-state index >= 15 is 0 Å². The fourth-order valence-electron chi connectivity index (χ4n) is 13.8. The first kappa shape index (κ1) is 105. The van der Waals surface area contributed by atoms with Gasteiger partial charge in [-0.25, -0.2) is 9.13 Å². The van der Waals surface area contributed by atoms with Gasteiger partial charge in [0.15, 0.2) is 12.2 Å². The summed E-state index contributed by atoms with van der Waals surface area (Å²) in [4.78, 5) is 73.3. The average Bonchev–Trinajstić information content (AvgIpc) is 0.904. The second kappa shape index (κ2) is 80.7. The van der Waals surface area contributed by atoms with Gasteiger partial charge in [-0.1, -0.05) is 426 Å². The van der Waals surface area contributed by atoms with Crippen LogP contribution in [0.25, 0.3) is 0 Å². The Morgan fingerprint density at radius 2 is 0.430 bits per heavy atom. The number of hydrogen-bond acceptors (Lipinski definition) is 15. The molecule has 0 aromatic rings. The molecule has 0 rings (SSSR count). The van der Waals surface area contributed by atoms with Gasteiger partial charge in [0.1, 0.15) is 19.3 Å². The number of aliphatic hydroxyl groups is 1. The highest BCUT2D eigenvalue weighted by molar-refractivity contribution is 7.47. The van der Waals surface area contributed by atoms with Crippen LogP contribution in [0.4, 0.5) is 0 Å². The van der Waals surface area contributed by atoms with Gasteiger partial charge in [-0.2, -0.15) is 0 Å². The Balaban J connectivity index is 5.22. The lowest BCUT2D eigenvalue weighted by molar-refractivity contribution is -0.161. The van der Waals surface area contributed by atoms with Gasteiger partial charge in [0, 0.05) is 25.7 Å². The number of carbonyl (C=O) groups is 4. The molecule has 0 spiro atoms. The number of ether oxygens (including phenoxy) is 4. The van der Waals surface area contributed by atoms with Crippen molar-refractivity contribution in [2.24, 2.45) is 5.92 Å². The molecule has 0 aromatic heterocycles. The SMILES string of the molecule is CCCCCCCCCCCCCCCCCCCCCCCC(=O)O[C@H](COC(=O)CCCCCCCCCCCCCCCCCCCCC)COP(=O)(O)OC[C@@H](O)COP(=O)(O)OC[C@@H](COC(=O)CCCCCCCCCCCC)OC(=O)CCCCCCCCCCCCCCCCC(C)C. The number of carbonyl (C=O) groups excluding carboxylic acids is 4. The van der Waals surface area contributed by atoms with Crippen LogP contribution in [0.1, 0.15) is 478 Å². The van der Waals surface area contributed by atoms with Crippen LogP contribution < -0.4 is 0 Å². The van der Waals surface area contributed by atoms with E-state index < -0.39 is 97.5 Å². The Morgan fingerprint density at radius 1 is 0.252 bits per heavy atom. The molecule has 0 radical (unpaired) electrons. The van der Waals surface area contributed by atoms with Crippen LogP contribution in [0, 0.1) is 5.92 Å². The Morgan fingerprint density at radius 3 is 0.636 bits per heavy atom. The first-order valence-corrected chi connectivity index (χ1v) is 48.6. The molecule has 5 atom stereocenters. The Kier molecular flexibility index (Phi) is 79.2. The largest absolute Gasteiger partial charge is 0.472 e. The number of phosphoric acid groups is 2. The number of rotatable bonds is 88. The molecule has 19 heteroatoms. The van der Waals surface area contributed by atoms with Gasteiger partial charge >= 0.3 is 39.5 Å². The zero-order valence-electron chi connectivity index (χ0n) is 70.3. The van der Waals surface area contributed by atoms with Crippen molar-refractivity contribution in [2.75, 3.05) is 39.6 Å². The smallest absolute Gasteiger partial charge is 0.462 e. The number of unbranched alkanes of at least 4 members (excludes halogenated alkanes) is 60. The Labute approximate surface area is 658 Å². The molecular weight excluding hydrogens is 1390 g/mol. The van der Waals surface area contributed by atoms with Crippen molar-refractivity contribution in [2.45, 2.75) is 496 Å². The molecule has 0 amide bonds. The topological polar surface area (TPSA) is 237 Å². The first-order valence-electron chi connectivity index (χ1n) is 45.6. The minimum atomic E-state index is -4.97. The highest BCUT2D eigenvalue weighted by atomic mass is 31.2. The number of phosphoric ester groups is 2. The molecule has 17 nitrogen and oxygen atoms in total. The molecule has 0 aliphatic heterocycles. The van der Waals surface area contributed by atoms with Crippen LogP contribution >= 0.6 is 15.6 Å². The number of hydrogen-bond donors (Lipinski definition) is 3. The third kappa shape index (κ3) is 81.9. The summed E-state index contributed by atoms with van der Waals surface area (Å²) in [6, 6.07) is 0. The summed E-state index contributed by atoms with van der Waals surface area (Å²) in [5.41, 5.74) is 0. The minimum absolute atomic E-state index is 0.108. The quantitative estimate of drug-likeness (QED) is 0.0222. The standard InChI is InChI=1S/C88H172O17P2/c1-6-9-12-15-18-21-24-26-28-30-32-33-35-37-39-44-48-53-58-63-68-73-87(92)105-84(78-99-86(91)72-67-62-57-52-47-43-38-36-34-31-29-27-25-22-19-16-13-10-7-2)80-103-107(96,97)101-76-82(89)75-100-106(94,95)102-79-83(77-98-85(90)71-66-61-56-51-23-20-17-14-11-8-3)104-88(93)74-69-64-59-54-49-45-41-40-42-46-50-55-60-65-70-81(4)5/h81-84,89H,6-80H2,1-5H3,(H,94,95)(H,96,97)/t82-,83+,84+/m0/s1. The molecular formula is C88H172O17P2. The van der Waals surface area contributed by atoms with Crippen molar-refractivity contribution in [3.05, 3.63) is 0 Å². The van der Waals surface area contributed by atoms with Gasteiger partial charge in [-0.3, -0.25) is 37.3 Å². The summed E-state index contributed by atoms with van der Waals surface area (Å²) in [6.07, 6.45) is 75.1. The maximum atomic E-state index is 13.2. The minimum Gasteiger partial charge on any atom is -0.462 e. The second-order valence-corrected chi connectivity index (χ2v) is 35.0. The van der Waals surface area contributed by atoms with Crippen molar-refractivity contribution in [3.63, 3.8) is 0 Å². The second-order valence-electron chi connectivity index (χ2n) is 32.1. The van der Waals surface area contributed by atoms with Crippen LogP contribution in [-0.4, -0.2) is 96.7 Å². The molecule has 0 fully saturated rings. The lowest BCUT2D eigenvalue weighted by Gasteiger charge is -2.21. The van der Waals surface area contributed by atoms with Gasteiger partial charge in [-0.15, -0.1) is 0 Å². The van der Waals surface area contributed by atoms with E-state index in [-0.39, 0.29) is 25.7 Å². The number of esters is 4. The van der Waals surface area contributed by atoms with E-state index in [0.717, 1.165) is 95.8 Å². The molecule has 0 saturated heterocycles. The van der Waals surface area contributed by atoms with Gasteiger partial charge < -0.3 is 33.8 Å². The Bertz CT molecular complexity index is 2030. The van der Waals surface area contributed by atoms with E-state index in [2.05, 4.69) is 34.6 Å². The maximum Gasteiger partial charge on any atom is 0.472 e. The first-order chi connectivity index (χ1) is 52.0.